The van der Waals surface area contributed by atoms with E-state index in [0.29, 0.717) is 10.9 Å². The standard InChI is InChI=1S/C21H16N6OS/c1-12-9-13(2)27-20(22-12)24-18(26-27)19(28)25-21-23-17(11-29-21)16-8-7-14-5-3-4-6-15(14)10-16/h3-11H,1-2H3,(H,23,25,28). The van der Waals surface area contributed by atoms with Gasteiger partial charge in [-0.05, 0) is 36.8 Å². The van der Waals surface area contributed by atoms with Crippen LogP contribution >= 0.6 is 11.3 Å². The van der Waals surface area contributed by atoms with Crippen molar-refractivity contribution in [3.05, 3.63) is 71.1 Å². The zero-order chi connectivity index (χ0) is 20.0. The van der Waals surface area contributed by atoms with Gasteiger partial charge in [-0.3, -0.25) is 10.1 Å². The fraction of sp³-hybridized carbons (Fsp3) is 0.0952. The topological polar surface area (TPSA) is 85.1 Å². The van der Waals surface area contributed by atoms with E-state index in [0.717, 1.165) is 28.0 Å². The molecule has 0 unspecified atom stereocenters. The van der Waals surface area contributed by atoms with Crippen LogP contribution in [0.3, 0.4) is 0 Å². The first-order chi connectivity index (χ1) is 14.1. The number of carbonyl (C=O) groups is 1. The van der Waals surface area contributed by atoms with E-state index in [-0.39, 0.29) is 5.82 Å². The highest BCUT2D eigenvalue weighted by molar-refractivity contribution is 7.14. The van der Waals surface area contributed by atoms with Gasteiger partial charge in [0.25, 0.3) is 11.7 Å². The minimum atomic E-state index is -0.410. The number of aryl methyl sites for hydroxylation is 2. The Morgan fingerprint density at radius 3 is 2.69 bits per heavy atom. The number of rotatable bonds is 3. The Morgan fingerprint density at radius 2 is 1.83 bits per heavy atom. The van der Waals surface area contributed by atoms with Crippen molar-refractivity contribution < 1.29 is 4.79 Å². The Kier molecular flexibility index (Phi) is 4.06. The van der Waals surface area contributed by atoms with Gasteiger partial charge in [0.2, 0.25) is 5.82 Å². The second-order valence-corrected chi connectivity index (χ2v) is 7.60. The van der Waals surface area contributed by atoms with E-state index >= 15 is 0 Å². The third kappa shape index (κ3) is 3.23. The molecule has 1 amide bonds. The van der Waals surface area contributed by atoms with Crippen molar-refractivity contribution in [3.8, 4) is 11.3 Å². The fourth-order valence-corrected chi connectivity index (χ4v) is 3.94. The number of nitrogens with zero attached hydrogens (tertiary/aromatic N) is 5. The van der Waals surface area contributed by atoms with Gasteiger partial charge in [-0.2, -0.15) is 4.98 Å². The van der Waals surface area contributed by atoms with Gasteiger partial charge in [0, 0.05) is 22.3 Å². The highest BCUT2D eigenvalue weighted by atomic mass is 32.1. The van der Waals surface area contributed by atoms with Crippen molar-refractivity contribution in [1.29, 1.82) is 0 Å². The molecule has 0 aliphatic rings. The maximum absolute atomic E-state index is 12.6. The average molecular weight is 400 g/mol. The molecule has 0 radical (unpaired) electrons. The van der Waals surface area contributed by atoms with Gasteiger partial charge in [0.05, 0.1) is 5.69 Å². The van der Waals surface area contributed by atoms with Crippen molar-refractivity contribution in [3.63, 3.8) is 0 Å². The number of hydrogen-bond acceptors (Lipinski definition) is 6. The molecule has 142 valence electrons. The molecule has 5 aromatic rings. The quantitative estimate of drug-likeness (QED) is 0.489. The Morgan fingerprint density at radius 1 is 1.00 bits per heavy atom. The molecule has 5 rings (SSSR count). The number of nitrogens with one attached hydrogen (secondary N) is 1. The first-order valence-corrected chi connectivity index (χ1v) is 9.92. The third-order valence-corrected chi connectivity index (χ3v) is 5.35. The zero-order valence-corrected chi connectivity index (χ0v) is 16.6. The molecule has 0 aliphatic heterocycles. The first kappa shape index (κ1) is 17.4. The number of hydrogen-bond donors (Lipinski definition) is 1. The molecule has 0 bridgehead atoms. The molecular weight excluding hydrogens is 384 g/mol. The largest absolute Gasteiger partial charge is 0.297 e. The lowest BCUT2D eigenvalue weighted by Gasteiger charge is -2.01. The normalized spacial score (nSPS) is 11.2. The summed E-state index contributed by atoms with van der Waals surface area (Å²) in [5.41, 5.74) is 3.51. The van der Waals surface area contributed by atoms with Crippen molar-refractivity contribution in [2.24, 2.45) is 0 Å². The van der Waals surface area contributed by atoms with E-state index < -0.39 is 5.91 Å². The van der Waals surface area contributed by atoms with Crippen molar-refractivity contribution in [1.82, 2.24) is 24.6 Å². The van der Waals surface area contributed by atoms with Crippen LogP contribution in [0, 0.1) is 13.8 Å². The van der Waals surface area contributed by atoms with Crippen molar-refractivity contribution >= 4 is 38.9 Å². The van der Waals surface area contributed by atoms with Gasteiger partial charge in [-0.15, -0.1) is 16.4 Å². The molecule has 8 heteroatoms. The molecule has 0 aliphatic carbocycles. The maximum Gasteiger partial charge on any atom is 0.297 e. The van der Waals surface area contributed by atoms with Gasteiger partial charge in [-0.1, -0.05) is 36.4 Å². The second-order valence-electron chi connectivity index (χ2n) is 6.74. The van der Waals surface area contributed by atoms with Crippen LogP contribution in [0.15, 0.2) is 53.9 Å². The van der Waals surface area contributed by atoms with Crippen LogP contribution in [0.4, 0.5) is 5.13 Å². The summed E-state index contributed by atoms with van der Waals surface area (Å²) in [6, 6.07) is 16.3. The van der Waals surface area contributed by atoms with E-state index in [1.807, 2.05) is 43.5 Å². The van der Waals surface area contributed by atoms with E-state index in [2.05, 4.69) is 49.6 Å². The summed E-state index contributed by atoms with van der Waals surface area (Å²) in [5.74, 6) is 0.0595. The van der Waals surface area contributed by atoms with Crippen molar-refractivity contribution in [2.75, 3.05) is 5.32 Å². The molecular formula is C21H16N6OS. The summed E-state index contributed by atoms with van der Waals surface area (Å²) in [5, 5.41) is 11.8. The summed E-state index contributed by atoms with van der Waals surface area (Å²) in [6.07, 6.45) is 0. The summed E-state index contributed by atoms with van der Waals surface area (Å²) in [7, 11) is 0. The molecule has 0 spiro atoms. The van der Waals surface area contributed by atoms with E-state index in [9.17, 15) is 4.79 Å². The predicted molar refractivity (Wildman–Crippen MR) is 113 cm³/mol. The van der Waals surface area contributed by atoms with Gasteiger partial charge in [0.1, 0.15) is 0 Å². The maximum atomic E-state index is 12.6. The number of carbonyl (C=O) groups excluding carboxylic acids is 1. The minimum absolute atomic E-state index is 0.0636. The number of aromatic nitrogens is 5. The molecule has 29 heavy (non-hydrogen) atoms. The number of fused-ring (bicyclic) bond motifs is 2. The fourth-order valence-electron chi connectivity index (χ4n) is 3.23. The van der Waals surface area contributed by atoms with Crippen LogP contribution in [0.1, 0.15) is 22.0 Å². The highest BCUT2D eigenvalue weighted by Crippen LogP contribution is 2.28. The first-order valence-electron chi connectivity index (χ1n) is 9.04. The molecule has 2 aromatic carbocycles. The van der Waals surface area contributed by atoms with Gasteiger partial charge >= 0.3 is 0 Å². The monoisotopic (exact) mass is 400 g/mol. The predicted octanol–water partition coefficient (Wildman–Crippen LogP) is 4.27. The van der Waals surface area contributed by atoms with Gasteiger partial charge in [-0.25, -0.2) is 14.5 Å². The van der Waals surface area contributed by atoms with Gasteiger partial charge < -0.3 is 0 Å². The second kappa shape index (κ2) is 6.75. The number of benzene rings is 2. The van der Waals surface area contributed by atoms with Crippen molar-refractivity contribution in [2.45, 2.75) is 13.8 Å². The number of amides is 1. The molecule has 7 nitrogen and oxygen atoms in total. The highest BCUT2D eigenvalue weighted by Gasteiger charge is 2.17. The van der Waals surface area contributed by atoms with Crippen LogP contribution in [-0.4, -0.2) is 30.5 Å². The number of thiazole rings is 1. The van der Waals surface area contributed by atoms with Crippen LogP contribution in [0.5, 0.6) is 0 Å². The SMILES string of the molecule is Cc1cc(C)n2nc(C(=O)Nc3nc(-c4ccc5ccccc5c4)cs3)nc2n1. The summed E-state index contributed by atoms with van der Waals surface area (Å²) < 4.78 is 1.56. The van der Waals surface area contributed by atoms with E-state index in [1.165, 1.54) is 16.7 Å². The van der Waals surface area contributed by atoms with Crippen LogP contribution in [0.25, 0.3) is 27.8 Å². The average Bonchev–Trinajstić information content (AvgIpc) is 3.35. The Bertz CT molecular complexity index is 1390. The number of anilines is 1. The van der Waals surface area contributed by atoms with Crippen LogP contribution < -0.4 is 5.32 Å². The summed E-state index contributed by atoms with van der Waals surface area (Å²) in [4.78, 5) is 25.7. The Hall–Kier alpha value is -3.65. The van der Waals surface area contributed by atoms with Crippen LogP contribution in [-0.2, 0) is 0 Å². The third-order valence-electron chi connectivity index (χ3n) is 4.59. The Labute approximate surface area is 170 Å². The molecule has 0 saturated carbocycles. The lowest BCUT2D eigenvalue weighted by molar-refractivity contribution is 0.101. The lowest BCUT2D eigenvalue weighted by atomic mass is 10.1. The minimum Gasteiger partial charge on any atom is -0.295 e. The smallest absolute Gasteiger partial charge is 0.295 e. The molecule has 3 heterocycles. The summed E-state index contributed by atoms with van der Waals surface area (Å²) in [6.45, 7) is 3.78. The summed E-state index contributed by atoms with van der Waals surface area (Å²) >= 11 is 1.36. The molecule has 0 atom stereocenters. The zero-order valence-electron chi connectivity index (χ0n) is 15.7. The molecule has 3 aromatic heterocycles. The van der Waals surface area contributed by atoms with Gasteiger partial charge in [0.15, 0.2) is 5.13 Å². The van der Waals surface area contributed by atoms with E-state index in [4.69, 9.17) is 0 Å². The van der Waals surface area contributed by atoms with Crippen LogP contribution in [0.2, 0.25) is 0 Å². The molecule has 0 saturated heterocycles. The Balaban J connectivity index is 1.40. The lowest BCUT2D eigenvalue weighted by Crippen LogP contribution is -2.13. The van der Waals surface area contributed by atoms with E-state index in [1.54, 1.807) is 4.52 Å². The molecule has 0 fully saturated rings. The molecule has 1 N–H and O–H groups in total.